The van der Waals surface area contributed by atoms with Crippen LogP contribution in [-0.4, -0.2) is 25.2 Å². The van der Waals surface area contributed by atoms with E-state index in [0.717, 1.165) is 24.7 Å². The number of carbonyl (C=O) groups is 2. The van der Waals surface area contributed by atoms with Gasteiger partial charge >= 0.3 is 11.9 Å². The molecule has 2 saturated carbocycles. The summed E-state index contributed by atoms with van der Waals surface area (Å²) in [6, 6.07) is 0. The molecule has 0 saturated heterocycles. The number of ether oxygens (including phenoxy) is 2. The Morgan fingerprint density at radius 1 is 0.615 bits per heavy atom. The van der Waals surface area contributed by atoms with E-state index in [1.807, 2.05) is 0 Å². The molecule has 0 N–H and O–H groups in total. The van der Waals surface area contributed by atoms with Gasteiger partial charge < -0.3 is 9.47 Å². The summed E-state index contributed by atoms with van der Waals surface area (Å²) >= 11 is 0. The summed E-state index contributed by atoms with van der Waals surface area (Å²) in [5.74, 6) is 1.26. The van der Waals surface area contributed by atoms with Crippen molar-refractivity contribution in [3.63, 3.8) is 0 Å². The van der Waals surface area contributed by atoms with Crippen molar-refractivity contribution in [2.45, 2.75) is 103 Å². The quantitative estimate of drug-likeness (QED) is 0.354. The zero-order valence-electron chi connectivity index (χ0n) is 16.5. The van der Waals surface area contributed by atoms with E-state index in [4.69, 9.17) is 9.47 Å². The molecule has 150 valence electrons. The van der Waals surface area contributed by atoms with E-state index in [1.54, 1.807) is 0 Å². The van der Waals surface area contributed by atoms with Gasteiger partial charge in [-0.15, -0.1) is 0 Å². The molecular weight excluding hydrogens is 328 g/mol. The van der Waals surface area contributed by atoms with E-state index in [2.05, 4.69) is 0 Å². The molecule has 0 aromatic rings. The van der Waals surface area contributed by atoms with Gasteiger partial charge in [-0.2, -0.15) is 0 Å². The summed E-state index contributed by atoms with van der Waals surface area (Å²) in [4.78, 5) is 23.5. The Labute approximate surface area is 159 Å². The molecule has 0 heterocycles. The molecule has 0 bridgehead atoms. The molecule has 0 aromatic heterocycles. The highest BCUT2D eigenvalue weighted by atomic mass is 16.5. The van der Waals surface area contributed by atoms with Crippen molar-refractivity contribution in [3.05, 3.63) is 0 Å². The third-order valence-corrected chi connectivity index (χ3v) is 6.04. The third-order valence-electron chi connectivity index (χ3n) is 6.04. The molecule has 0 radical (unpaired) electrons. The minimum absolute atomic E-state index is 0.119. The van der Waals surface area contributed by atoms with Crippen molar-refractivity contribution in [3.8, 4) is 0 Å². The van der Waals surface area contributed by atoms with Crippen LogP contribution in [0.3, 0.4) is 0 Å². The molecular formula is C22H38O4. The van der Waals surface area contributed by atoms with E-state index in [9.17, 15) is 9.59 Å². The fourth-order valence-electron chi connectivity index (χ4n) is 4.31. The first-order valence-corrected chi connectivity index (χ1v) is 11.1. The van der Waals surface area contributed by atoms with Crippen LogP contribution >= 0.6 is 0 Å². The standard InChI is InChI=1S/C22H38O4/c23-21(25-17-15-19-9-3-1-4-10-19)13-7-8-14-22(24)26-18-16-20-11-5-2-6-12-20/h19-20H,1-18H2. The van der Waals surface area contributed by atoms with Gasteiger partial charge in [0.1, 0.15) is 0 Å². The maximum Gasteiger partial charge on any atom is 0.305 e. The van der Waals surface area contributed by atoms with Crippen LogP contribution in [-0.2, 0) is 19.1 Å². The molecule has 26 heavy (non-hydrogen) atoms. The van der Waals surface area contributed by atoms with E-state index in [1.165, 1.54) is 64.2 Å². The SMILES string of the molecule is O=C(CCCCC(=O)OCCC1CCCCC1)OCCC1CCCCC1. The third kappa shape index (κ3) is 9.59. The molecule has 0 spiro atoms. The molecule has 2 aliphatic rings. The summed E-state index contributed by atoms with van der Waals surface area (Å²) in [6.07, 6.45) is 17.5. The fourth-order valence-corrected chi connectivity index (χ4v) is 4.31. The highest BCUT2D eigenvalue weighted by molar-refractivity contribution is 5.70. The largest absolute Gasteiger partial charge is 0.466 e. The van der Waals surface area contributed by atoms with E-state index >= 15 is 0 Å². The average molecular weight is 367 g/mol. The Morgan fingerprint density at radius 2 is 1.00 bits per heavy atom. The molecule has 2 aliphatic carbocycles. The lowest BCUT2D eigenvalue weighted by Gasteiger charge is -2.21. The topological polar surface area (TPSA) is 52.6 Å². The second kappa shape index (κ2) is 13.2. The molecule has 0 aromatic carbocycles. The van der Waals surface area contributed by atoms with E-state index in [0.29, 0.717) is 38.9 Å². The molecule has 0 amide bonds. The lowest BCUT2D eigenvalue weighted by molar-refractivity contribution is -0.146. The molecule has 0 unspecified atom stereocenters. The van der Waals surface area contributed by atoms with E-state index in [-0.39, 0.29) is 11.9 Å². The molecule has 2 fully saturated rings. The predicted molar refractivity (Wildman–Crippen MR) is 103 cm³/mol. The first kappa shape index (κ1) is 21.2. The van der Waals surface area contributed by atoms with Crippen molar-refractivity contribution in [1.82, 2.24) is 0 Å². The zero-order valence-corrected chi connectivity index (χ0v) is 16.5. The maximum absolute atomic E-state index is 11.7. The lowest BCUT2D eigenvalue weighted by Crippen LogP contribution is -2.13. The first-order chi connectivity index (χ1) is 12.7. The van der Waals surface area contributed by atoms with Gasteiger partial charge in [-0.3, -0.25) is 9.59 Å². The first-order valence-electron chi connectivity index (χ1n) is 11.1. The van der Waals surface area contributed by atoms with Crippen molar-refractivity contribution in [2.75, 3.05) is 13.2 Å². The van der Waals surface area contributed by atoms with Crippen LogP contribution in [0.5, 0.6) is 0 Å². The second-order valence-electron chi connectivity index (χ2n) is 8.23. The smallest absolute Gasteiger partial charge is 0.305 e. The van der Waals surface area contributed by atoms with Crippen LogP contribution in [0.25, 0.3) is 0 Å². The molecule has 4 nitrogen and oxygen atoms in total. The highest BCUT2D eigenvalue weighted by Gasteiger charge is 2.15. The monoisotopic (exact) mass is 366 g/mol. The van der Waals surface area contributed by atoms with Crippen molar-refractivity contribution < 1.29 is 19.1 Å². The number of hydrogen-bond acceptors (Lipinski definition) is 4. The molecule has 4 heteroatoms. The number of carbonyl (C=O) groups excluding carboxylic acids is 2. The maximum atomic E-state index is 11.7. The summed E-state index contributed by atoms with van der Waals surface area (Å²) in [7, 11) is 0. The van der Waals surface area contributed by atoms with Gasteiger partial charge in [0, 0.05) is 12.8 Å². The van der Waals surface area contributed by atoms with Gasteiger partial charge in [0.15, 0.2) is 0 Å². The van der Waals surface area contributed by atoms with Crippen LogP contribution in [0.4, 0.5) is 0 Å². The van der Waals surface area contributed by atoms with Gasteiger partial charge in [0.2, 0.25) is 0 Å². The predicted octanol–water partition coefficient (Wildman–Crippen LogP) is 5.57. The summed E-state index contributed by atoms with van der Waals surface area (Å²) in [6.45, 7) is 1.12. The number of unbranched alkanes of at least 4 members (excludes halogenated alkanes) is 1. The number of rotatable bonds is 11. The van der Waals surface area contributed by atoms with Crippen LogP contribution in [0.15, 0.2) is 0 Å². The summed E-state index contributed by atoms with van der Waals surface area (Å²) < 4.78 is 10.7. The van der Waals surface area contributed by atoms with E-state index < -0.39 is 0 Å². The van der Waals surface area contributed by atoms with Gasteiger partial charge in [0.25, 0.3) is 0 Å². The van der Waals surface area contributed by atoms with Crippen LogP contribution in [0.1, 0.15) is 103 Å². The highest BCUT2D eigenvalue weighted by Crippen LogP contribution is 2.27. The van der Waals surface area contributed by atoms with Crippen LogP contribution in [0.2, 0.25) is 0 Å². The Kier molecular flexibility index (Phi) is 10.8. The number of esters is 2. The van der Waals surface area contributed by atoms with Crippen molar-refractivity contribution in [2.24, 2.45) is 11.8 Å². The Hall–Kier alpha value is -1.06. The second-order valence-corrected chi connectivity index (χ2v) is 8.23. The van der Waals surface area contributed by atoms with Gasteiger partial charge in [0.05, 0.1) is 13.2 Å². The summed E-state index contributed by atoms with van der Waals surface area (Å²) in [5, 5.41) is 0. The van der Waals surface area contributed by atoms with Crippen LogP contribution in [0, 0.1) is 11.8 Å². The zero-order chi connectivity index (χ0) is 18.5. The molecule has 2 rings (SSSR count). The minimum Gasteiger partial charge on any atom is -0.466 e. The van der Waals surface area contributed by atoms with Crippen LogP contribution < -0.4 is 0 Å². The summed E-state index contributed by atoms with van der Waals surface area (Å²) in [5.41, 5.74) is 0. The average Bonchev–Trinajstić information content (AvgIpc) is 2.67. The number of hydrogen-bond donors (Lipinski definition) is 0. The minimum atomic E-state index is -0.119. The Morgan fingerprint density at radius 3 is 1.38 bits per heavy atom. The Balaban J connectivity index is 1.38. The van der Waals surface area contributed by atoms with Crippen molar-refractivity contribution >= 4 is 11.9 Å². The molecule has 0 aliphatic heterocycles. The fraction of sp³-hybridized carbons (Fsp3) is 0.909. The normalized spacial score (nSPS) is 19.2. The lowest BCUT2D eigenvalue weighted by atomic mass is 9.87. The van der Waals surface area contributed by atoms with Gasteiger partial charge in [-0.25, -0.2) is 0 Å². The Bertz CT molecular complexity index is 357. The van der Waals surface area contributed by atoms with Gasteiger partial charge in [-0.05, 0) is 37.5 Å². The molecule has 0 atom stereocenters. The van der Waals surface area contributed by atoms with Gasteiger partial charge in [-0.1, -0.05) is 64.2 Å². The van der Waals surface area contributed by atoms with Crippen molar-refractivity contribution in [1.29, 1.82) is 0 Å².